The lowest BCUT2D eigenvalue weighted by molar-refractivity contribution is 1.24. The van der Waals surface area contributed by atoms with Crippen LogP contribution in [0.3, 0.4) is 0 Å². The minimum Gasteiger partial charge on any atom is -0.241 e. The Morgan fingerprint density at radius 2 is 1.69 bits per heavy atom. The van der Waals surface area contributed by atoms with Gasteiger partial charge in [0.05, 0.1) is 5.69 Å². The molecule has 0 aliphatic carbocycles. The number of halogens is 2. The average molecular weight is 339 g/mol. The normalized spacial score (nSPS) is 10.9. The second-order valence-electron chi connectivity index (χ2n) is 3.28. The zero-order valence-corrected chi connectivity index (χ0v) is 11.6. The standard InChI is InChI=1S/C13H9Br2N/c14-11-8-12(16-13(15)9-11)7-6-10-4-2-1-3-5-10/h1-9H/b7-6+. The van der Waals surface area contributed by atoms with Gasteiger partial charge in [-0.25, -0.2) is 4.98 Å². The molecular weight excluding hydrogens is 330 g/mol. The molecule has 1 heterocycles. The van der Waals surface area contributed by atoms with Crippen molar-refractivity contribution in [2.24, 2.45) is 0 Å². The van der Waals surface area contributed by atoms with Crippen LogP contribution in [0.25, 0.3) is 12.2 Å². The second-order valence-corrected chi connectivity index (χ2v) is 5.01. The molecule has 2 rings (SSSR count). The van der Waals surface area contributed by atoms with E-state index in [-0.39, 0.29) is 0 Å². The Labute approximate surface area is 111 Å². The number of aromatic nitrogens is 1. The molecule has 3 heteroatoms. The van der Waals surface area contributed by atoms with E-state index in [1.165, 1.54) is 5.56 Å². The van der Waals surface area contributed by atoms with E-state index in [1.807, 2.05) is 42.5 Å². The monoisotopic (exact) mass is 337 g/mol. The quantitative estimate of drug-likeness (QED) is 0.718. The van der Waals surface area contributed by atoms with E-state index in [9.17, 15) is 0 Å². The number of nitrogens with zero attached hydrogens (tertiary/aromatic N) is 1. The Morgan fingerprint density at radius 3 is 2.38 bits per heavy atom. The van der Waals surface area contributed by atoms with Crippen LogP contribution in [0, 0.1) is 0 Å². The van der Waals surface area contributed by atoms with E-state index in [0.717, 1.165) is 14.8 Å². The third kappa shape index (κ3) is 3.29. The SMILES string of the molecule is Brc1cc(Br)nc(/C=C/c2ccccc2)c1. The molecule has 1 aromatic heterocycles. The number of benzene rings is 1. The van der Waals surface area contributed by atoms with Crippen molar-refractivity contribution in [3.63, 3.8) is 0 Å². The first-order valence-corrected chi connectivity index (χ1v) is 6.39. The topological polar surface area (TPSA) is 12.9 Å². The first kappa shape index (κ1) is 11.6. The van der Waals surface area contributed by atoms with E-state index in [0.29, 0.717) is 0 Å². The van der Waals surface area contributed by atoms with Gasteiger partial charge in [-0.15, -0.1) is 0 Å². The molecule has 0 radical (unpaired) electrons. The zero-order valence-electron chi connectivity index (χ0n) is 8.40. The van der Waals surface area contributed by atoms with E-state index in [4.69, 9.17) is 0 Å². The van der Waals surface area contributed by atoms with Crippen molar-refractivity contribution in [1.29, 1.82) is 0 Å². The fourth-order valence-electron chi connectivity index (χ4n) is 1.32. The second kappa shape index (κ2) is 5.41. The third-order valence-electron chi connectivity index (χ3n) is 2.02. The maximum atomic E-state index is 4.35. The van der Waals surface area contributed by atoms with Crippen LogP contribution in [0.4, 0.5) is 0 Å². The molecule has 0 amide bonds. The van der Waals surface area contributed by atoms with E-state index in [2.05, 4.69) is 49.0 Å². The highest BCUT2D eigenvalue weighted by molar-refractivity contribution is 9.11. The van der Waals surface area contributed by atoms with Gasteiger partial charge in [0.25, 0.3) is 0 Å². The summed E-state index contributed by atoms with van der Waals surface area (Å²) >= 11 is 6.80. The highest BCUT2D eigenvalue weighted by atomic mass is 79.9. The van der Waals surface area contributed by atoms with Crippen molar-refractivity contribution in [3.8, 4) is 0 Å². The maximum Gasteiger partial charge on any atom is 0.107 e. The molecule has 0 saturated heterocycles. The Kier molecular flexibility index (Phi) is 3.91. The summed E-state index contributed by atoms with van der Waals surface area (Å²) < 4.78 is 1.84. The number of hydrogen-bond acceptors (Lipinski definition) is 1. The first-order valence-electron chi connectivity index (χ1n) is 4.80. The minimum atomic E-state index is 0.828. The molecule has 16 heavy (non-hydrogen) atoms. The molecule has 2 aromatic rings. The molecule has 80 valence electrons. The molecule has 0 saturated carbocycles. The van der Waals surface area contributed by atoms with Crippen LogP contribution >= 0.6 is 31.9 Å². The van der Waals surface area contributed by atoms with Crippen molar-refractivity contribution >= 4 is 44.0 Å². The Morgan fingerprint density at radius 1 is 0.938 bits per heavy atom. The number of rotatable bonds is 2. The summed E-state index contributed by atoms with van der Waals surface area (Å²) in [6.07, 6.45) is 4.03. The van der Waals surface area contributed by atoms with Crippen molar-refractivity contribution in [2.45, 2.75) is 0 Å². The minimum absolute atomic E-state index is 0.828. The van der Waals surface area contributed by atoms with Crippen molar-refractivity contribution < 1.29 is 0 Å². The van der Waals surface area contributed by atoms with Gasteiger partial charge in [0.2, 0.25) is 0 Å². The largest absolute Gasteiger partial charge is 0.241 e. The van der Waals surface area contributed by atoms with Crippen molar-refractivity contribution in [1.82, 2.24) is 4.98 Å². The third-order valence-corrected chi connectivity index (χ3v) is 2.89. The first-order chi connectivity index (χ1) is 7.74. The van der Waals surface area contributed by atoms with Gasteiger partial charge < -0.3 is 0 Å². The van der Waals surface area contributed by atoms with Gasteiger partial charge in [-0.1, -0.05) is 52.3 Å². The van der Waals surface area contributed by atoms with Crippen LogP contribution < -0.4 is 0 Å². The summed E-state index contributed by atoms with van der Waals surface area (Å²) in [6, 6.07) is 14.1. The van der Waals surface area contributed by atoms with Crippen LogP contribution in [0.1, 0.15) is 11.3 Å². The van der Waals surface area contributed by atoms with Crippen molar-refractivity contribution in [2.75, 3.05) is 0 Å². The molecule has 1 nitrogen and oxygen atoms in total. The van der Waals surface area contributed by atoms with E-state index >= 15 is 0 Å². The zero-order chi connectivity index (χ0) is 11.4. The van der Waals surface area contributed by atoms with Crippen LogP contribution in [-0.4, -0.2) is 4.98 Å². The summed E-state index contributed by atoms with van der Waals surface area (Å²) in [7, 11) is 0. The number of pyridine rings is 1. The molecule has 0 aliphatic rings. The molecule has 0 spiro atoms. The van der Waals surface area contributed by atoms with Crippen LogP contribution in [-0.2, 0) is 0 Å². The molecule has 0 fully saturated rings. The maximum absolute atomic E-state index is 4.35. The smallest absolute Gasteiger partial charge is 0.107 e. The highest BCUT2D eigenvalue weighted by Crippen LogP contribution is 2.18. The summed E-state index contributed by atoms with van der Waals surface area (Å²) in [5, 5.41) is 0. The predicted molar refractivity (Wildman–Crippen MR) is 75.0 cm³/mol. The summed E-state index contributed by atoms with van der Waals surface area (Å²) in [4.78, 5) is 4.35. The molecule has 0 bridgehead atoms. The molecule has 0 N–H and O–H groups in total. The lowest BCUT2D eigenvalue weighted by Gasteiger charge is -1.97. The van der Waals surface area contributed by atoms with Gasteiger partial charge in [-0.2, -0.15) is 0 Å². The van der Waals surface area contributed by atoms with Crippen LogP contribution in [0.15, 0.2) is 51.5 Å². The summed E-state index contributed by atoms with van der Waals surface area (Å²) in [5.74, 6) is 0. The van der Waals surface area contributed by atoms with E-state index in [1.54, 1.807) is 0 Å². The van der Waals surface area contributed by atoms with Gasteiger partial charge in [-0.05, 0) is 39.7 Å². The molecule has 1 aromatic carbocycles. The fraction of sp³-hybridized carbons (Fsp3) is 0. The highest BCUT2D eigenvalue weighted by Gasteiger charge is 1.95. The van der Waals surface area contributed by atoms with Gasteiger partial charge >= 0.3 is 0 Å². The molecule has 0 aliphatic heterocycles. The fourth-order valence-corrected chi connectivity index (χ4v) is 2.53. The lowest BCUT2D eigenvalue weighted by Crippen LogP contribution is -1.81. The summed E-state index contributed by atoms with van der Waals surface area (Å²) in [6.45, 7) is 0. The van der Waals surface area contributed by atoms with Crippen molar-refractivity contribution in [3.05, 3.63) is 62.8 Å². The lowest BCUT2D eigenvalue weighted by atomic mass is 10.2. The van der Waals surface area contributed by atoms with Crippen LogP contribution in [0.2, 0.25) is 0 Å². The molecular formula is C13H9Br2N. The Bertz CT molecular complexity index is 486. The Balaban J connectivity index is 2.24. The van der Waals surface area contributed by atoms with Gasteiger partial charge in [-0.3, -0.25) is 0 Å². The van der Waals surface area contributed by atoms with E-state index < -0.39 is 0 Å². The number of hydrogen-bond donors (Lipinski definition) is 0. The van der Waals surface area contributed by atoms with Gasteiger partial charge in [0, 0.05) is 4.47 Å². The molecule has 0 atom stereocenters. The van der Waals surface area contributed by atoms with Gasteiger partial charge in [0.15, 0.2) is 0 Å². The molecule has 0 unspecified atom stereocenters. The Hall–Kier alpha value is -0.930. The summed E-state index contributed by atoms with van der Waals surface area (Å²) in [5.41, 5.74) is 2.09. The van der Waals surface area contributed by atoms with Crippen LogP contribution in [0.5, 0.6) is 0 Å². The average Bonchev–Trinajstić information content (AvgIpc) is 2.27. The predicted octanol–water partition coefficient (Wildman–Crippen LogP) is 4.78. The van der Waals surface area contributed by atoms with Gasteiger partial charge in [0.1, 0.15) is 4.60 Å².